The van der Waals surface area contributed by atoms with Crippen LogP contribution in [0, 0.1) is 5.92 Å². The van der Waals surface area contributed by atoms with E-state index >= 15 is 0 Å². The van der Waals surface area contributed by atoms with Gasteiger partial charge in [-0.15, -0.1) is 0 Å². The Labute approximate surface area is 112 Å². The monoisotopic (exact) mass is 276 g/mol. The van der Waals surface area contributed by atoms with Gasteiger partial charge < -0.3 is 9.84 Å². The highest BCUT2D eigenvalue weighted by Gasteiger charge is 2.62. The van der Waals surface area contributed by atoms with Gasteiger partial charge in [-0.1, -0.05) is 12.5 Å². The van der Waals surface area contributed by atoms with Crippen LogP contribution in [-0.4, -0.2) is 29.2 Å². The van der Waals surface area contributed by atoms with Crippen molar-refractivity contribution in [2.45, 2.75) is 58.5 Å². The number of rotatable bonds is 3. The van der Waals surface area contributed by atoms with Crippen LogP contribution in [0.4, 0.5) is 8.78 Å². The Kier molecular flexibility index (Phi) is 4.72. The second-order valence-electron chi connectivity index (χ2n) is 5.48. The summed E-state index contributed by atoms with van der Waals surface area (Å²) in [6.45, 7) is 6.48. The normalized spacial score (nSPS) is 28.2. The van der Waals surface area contributed by atoms with Crippen LogP contribution in [0.5, 0.6) is 0 Å². The molecule has 0 saturated heterocycles. The molecule has 19 heavy (non-hydrogen) atoms. The van der Waals surface area contributed by atoms with Crippen molar-refractivity contribution in [2.24, 2.45) is 5.92 Å². The van der Waals surface area contributed by atoms with Crippen LogP contribution in [0.25, 0.3) is 0 Å². The highest BCUT2D eigenvalue weighted by molar-refractivity contribution is 5.80. The van der Waals surface area contributed by atoms with E-state index in [1.807, 2.05) is 0 Å². The van der Waals surface area contributed by atoms with Gasteiger partial charge in [0.05, 0.1) is 6.61 Å². The van der Waals surface area contributed by atoms with E-state index in [-0.39, 0.29) is 24.5 Å². The summed E-state index contributed by atoms with van der Waals surface area (Å²) >= 11 is 0. The molecule has 2 unspecified atom stereocenters. The van der Waals surface area contributed by atoms with Crippen LogP contribution in [0.15, 0.2) is 11.1 Å². The third-order valence-electron chi connectivity index (χ3n) is 3.69. The fourth-order valence-corrected chi connectivity index (χ4v) is 2.70. The van der Waals surface area contributed by atoms with Gasteiger partial charge in [-0.2, -0.15) is 8.78 Å². The SMILES string of the molecule is CCOC(=O)C(F)(F)C1(O)CC(C)CCC1=C(C)C. The highest BCUT2D eigenvalue weighted by atomic mass is 19.3. The lowest BCUT2D eigenvalue weighted by Crippen LogP contribution is -2.57. The van der Waals surface area contributed by atoms with Gasteiger partial charge in [0.15, 0.2) is 5.60 Å². The van der Waals surface area contributed by atoms with Gasteiger partial charge in [-0.05, 0) is 51.5 Å². The van der Waals surface area contributed by atoms with Crippen molar-refractivity contribution in [3.63, 3.8) is 0 Å². The number of allylic oxidation sites excluding steroid dienone is 1. The van der Waals surface area contributed by atoms with E-state index in [4.69, 9.17) is 0 Å². The molecular weight excluding hydrogens is 254 g/mol. The first kappa shape index (κ1) is 16.1. The van der Waals surface area contributed by atoms with Crippen molar-refractivity contribution in [1.82, 2.24) is 0 Å². The number of hydrogen-bond acceptors (Lipinski definition) is 3. The minimum absolute atomic E-state index is 0.0617. The molecule has 2 atom stereocenters. The van der Waals surface area contributed by atoms with Gasteiger partial charge in [0, 0.05) is 0 Å². The van der Waals surface area contributed by atoms with E-state index in [0.29, 0.717) is 12.0 Å². The molecule has 0 aromatic heterocycles. The number of halogens is 2. The number of carbonyl (C=O) groups excluding carboxylic acids is 1. The fourth-order valence-electron chi connectivity index (χ4n) is 2.70. The van der Waals surface area contributed by atoms with Crippen molar-refractivity contribution in [1.29, 1.82) is 0 Å². The Morgan fingerprint density at radius 1 is 1.53 bits per heavy atom. The summed E-state index contributed by atoms with van der Waals surface area (Å²) < 4.78 is 33.0. The molecule has 1 fully saturated rings. The number of hydrogen-bond donors (Lipinski definition) is 1. The fraction of sp³-hybridized carbons (Fsp3) is 0.786. The largest absolute Gasteiger partial charge is 0.461 e. The minimum Gasteiger partial charge on any atom is -0.461 e. The van der Waals surface area contributed by atoms with Crippen molar-refractivity contribution in [2.75, 3.05) is 6.61 Å². The minimum atomic E-state index is -3.91. The van der Waals surface area contributed by atoms with Crippen molar-refractivity contribution in [3.8, 4) is 0 Å². The molecule has 0 aromatic rings. The summed E-state index contributed by atoms with van der Waals surface area (Å²) in [6, 6.07) is 0. The van der Waals surface area contributed by atoms with Crippen LogP contribution in [-0.2, 0) is 9.53 Å². The molecule has 1 aliphatic carbocycles. The van der Waals surface area contributed by atoms with Gasteiger partial charge in [0.2, 0.25) is 0 Å². The van der Waals surface area contributed by atoms with Crippen LogP contribution in [0.3, 0.4) is 0 Å². The predicted octanol–water partition coefficient (Wildman–Crippen LogP) is 3.07. The maximum Gasteiger partial charge on any atom is 0.380 e. The lowest BCUT2D eigenvalue weighted by Gasteiger charge is -2.42. The van der Waals surface area contributed by atoms with Crippen LogP contribution < -0.4 is 0 Å². The van der Waals surface area contributed by atoms with Crippen LogP contribution in [0.2, 0.25) is 0 Å². The molecular formula is C14H22F2O3. The lowest BCUT2D eigenvalue weighted by molar-refractivity contribution is -0.210. The van der Waals surface area contributed by atoms with Crippen molar-refractivity contribution >= 4 is 5.97 Å². The first-order valence-corrected chi connectivity index (χ1v) is 6.61. The predicted molar refractivity (Wildman–Crippen MR) is 67.9 cm³/mol. The molecule has 3 nitrogen and oxygen atoms in total. The molecule has 0 amide bonds. The summed E-state index contributed by atoms with van der Waals surface area (Å²) in [5, 5.41) is 10.5. The smallest absolute Gasteiger partial charge is 0.380 e. The maximum atomic E-state index is 14.3. The molecule has 0 spiro atoms. The third-order valence-corrected chi connectivity index (χ3v) is 3.69. The van der Waals surface area contributed by atoms with E-state index in [1.54, 1.807) is 20.8 Å². The molecule has 1 rings (SSSR count). The zero-order valence-electron chi connectivity index (χ0n) is 11.9. The summed E-state index contributed by atoms with van der Waals surface area (Å²) in [5.41, 5.74) is -1.52. The topological polar surface area (TPSA) is 46.5 Å². The van der Waals surface area contributed by atoms with E-state index in [1.165, 1.54) is 6.92 Å². The second kappa shape index (κ2) is 5.57. The summed E-state index contributed by atoms with van der Waals surface area (Å²) in [6.07, 6.45) is 0.996. The van der Waals surface area contributed by atoms with E-state index in [2.05, 4.69) is 4.74 Å². The third kappa shape index (κ3) is 2.81. The van der Waals surface area contributed by atoms with E-state index < -0.39 is 17.5 Å². The Bertz CT molecular complexity index is 386. The Morgan fingerprint density at radius 3 is 2.58 bits per heavy atom. The Balaban J connectivity index is 3.22. The highest BCUT2D eigenvalue weighted by Crippen LogP contribution is 2.47. The molecule has 1 aliphatic rings. The quantitative estimate of drug-likeness (QED) is 0.636. The molecule has 0 heterocycles. The number of aliphatic hydroxyl groups is 1. The molecule has 0 radical (unpaired) electrons. The molecule has 0 aliphatic heterocycles. The van der Waals surface area contributed by atoms with Gasteiger partial charge in [-0.25, -0.2) is 4.79 Å². The van der Waals surface area contributed by atoms with E-state index in [0.717, 1.165) is 6.42 Å². The molecule has 5 heteroatoms. The average Bonchev–Trinajstić information content (AvgIpc) is 2.28. The molecule has 110 valence electrons. The first-order chi connectivity index (χ1) is 8.66. The lowest BCUT2D eigenvalue weighted by atomic mass is 9.70. The Hall–Kier alpha value is -0.970. The van der Waals surface area contributed by atoms with E-state index in [9.17, 15) is 18.7 Å². The van der Waals surface area contributed by atoms with Gasteiger partial charge in [0.1, 0.15) is 0 Å². The molecule has 0 aromatic carbocycles. The van der Waals surface area contributed by atoms with Crippen LogP contribution >= 0.6 is 0 Å². The maximum absolute atomic E-state index is 14.3. The molecule has 1 saturated carbocycles. The van der Waals surface area contributed by atoms with Gasteiger partial charge in [0.25, 0.3) is 0 Å². The summed E-state index contributed by atoms with van der Waals surface area (Å²) in [4.78, 5) is 11.5. The molecule has 0 bridgehead atoms. The van der Waals surface area contributed by atoms with Crippen molar-refractivity contribution in [3.05, 3.63) is 11.1 Å². The van der Waals surface area contributed by atoms with Gasteiger partial charge in [-0.3, -0.25) is 0 Å². The van der Waals surface area contributed by atoms with Crippen LogP contribution in [0.1, 0.15) is 47.0 Å². The summed E-state index contributed by atoms with van der Waals surface area (Å²) in [5.74, 6) is -5.62. The standard InChI is InChI=1S/C14H22F2O3/c1-5-19-12(17)14(15,16)13(18)8-10(4)6-7-11(13)9(2)3/h10,18H,5-8H2,1-4H3. The van der Waals surface area contributed by atoms with Crippen molar-refractivity contribution < 1.29 is 23.4 Å². The van der Waals surface area contributed by atoms with Gasteiger partial charge >= 0.3 is 11.9 Å². The first-order valence-electron chi connectivity index (χ1n) is 6.61. The molecule has 1 N–H and O–H groups in total. The average molecular weight is 276 g/mol. The number of ether oxygens (including phenoxy) is 1. The Morgan fingerprint density at radius 2 is 2.11 bits per heavy atom. The number of esters is 1. The summed E-state index contributed by atoms with van der Waals surface area (Å²) in [7, 11) is 0. The number of carbonyl (C=O) groups is 1. The zero-order valence-corrected chi connectivity index (χ0v) is 11.9. The zero-order chi connectivity index (χ0) is 14.8. The second-order valence-corrected chi connectivity index (χ2v) is 5.48. The number of alkyl halides is 2.